The summed E-state index contributed by atoms with van der Waals surface area (Å²) < 4.78 is 37.9. The van der Waals surface area contributed by atoms with Crippen molar-refractivity contribution < 1.29 is 18.0 Å². The van der Waals surface area contributed by atoms with E-state index in [1.165, 1.54) is 6.42 Å². The minimum Gasteiger partial charge on any atom is -0.348 e. The number of benzene rings is 1. The smallest absolute Gasteiger partial charge is 0.348 e. The maximum absolute atomic E-state index is 12.6. The van der Waals surface area contributed by atoms with Gasteiger partial charge in [-0.2, -0.15) is 13.2 Å². The van der Waals surface area contributed by atoms with E-state index in [1.807, 2.05) is 0 Å². The van der Waals surface area contributed by atoms with Gasteiger partial charge < -0.3 is 10.6 Å². The summed E-state index contributed by atoms with van der Waals surface area (Å²) in [5, 5.41) is 12.3. The number of alkyl halides is 3. The van der Waals surface area contributed by atoms with Crippen LogP contribution < -0.4 is 10.6 Å². The Bertz CT molecular complexity index is 809. The van der Waals surface area contributed by atoms with Crippen LogP contribution in [0.4, 0.5) is 13.2 Å². The quantitative estimate of drug-likeness (QED) is 0.824. The standard InChI is InChI=1S/C16H15F3N4OS2/c17-16(18,19)14-22-23-15(26-14)25-10-4-1-8(2-5-10)13(24)21-12-7-9-3-6-11(12)20-9/h1-2,4-5,9,11-12,20H,3,6-7H2,(H,21,24). The van der Waals surface area contributed by atoms with E-state index < -0.39 is 11.2 Å². The Morgan fingerprint density at radius 2 is 2.00 bits per heavy atom. The summed E-state index contributed by atoms with van der Waals surface area (Å²) in [6, 6.07) is 7.78. The molecule has 5 nitrogen and oxygen atoms in total. The Labute approximate surface area is 155 Å². The van der Waals surface area contributed by atoms with Crippen molar-refractivity contribution >= 4 is 29.0 Å². The van der Waals surface area contributed by atoms with Gasteiger partial charge in [0.05, 0.1) is 0 Å². The molecule has 4 rings (SSSR count). The van der Waals surface area contributed by atoms with Crippen molar-refractivity contribution in [1.29, 1.82) is 0 Å². The minimum absolute atomic E-state index is 0.129. The van der Waals surface area contributed by atoms with Crippen LogP contribution in [0, 0.1) is 0 Å². The zero-order chi connectivity index (χ0) is 18.3. The summed E-state index contributed by atoms with van der Waals surface area (Å²) in [5.74, 6) is -0.129. The van der Waals surface area contributed by atoms with Crippen molar-refractivity contribution in [2.45, 2.75) is 52.8 Å². The molecule has 3 atom stereocenters. The molecule has 1 amide bonds. The van der Waals surface area contributed by atoms with E-state index in [2.05, 4.69) is 20.8 Å². The van der Waals surface area contributed by atoms with Crippen molar-refractivity contribution in [1.82, 2.24) is 20.8 Å². The first kappa shape index (κ1) is 17.7. The summed E-state index contributed by atoms with van der Waals surface area (Å²) in [6.07, 6.45) is -1.26. The molecule has 0 spiro atoms. The second kappa shape index (κ2) is 6.82. The van der Waals surface area contributed by atoms with E-state index in [1.54, 1.807) is 24.3 Å². The van der Waals surface area contributed by atoms with E-state index in [9.17, 15) is 18.0 Å². The molecule has 2 saturated heterocycles. The van der Waals surface area contributed by atoms with E-state index in [0.29, 0.717) is 33.9 Å². The molecule has 2 aromatic rings. The van der Waals surface area contributed by atoms with Gasteiger partial charge in [0, 0.05) is 28.6 Å². The number of amides is 1. The van der Waals surface area contributed by atoms with E-state index in [-0.39, 0.29) is 16.3 Å². The molecule has 0 saturated carbocycles. The van der Waals surface area contributed by atoms with Gasteiger partial charge in [-0.25, -0.2) is 0 Å². The Morgan fingerprint density at radius 3 is 2.58 bits per heavy atom. The summed E-state index contributed by atoms with van der Waals surface area (Å²) in [7, 11) is 0. The van der Waals surface area contributed by atoms with Crippen molar-refractivity contribution in [2.75, 3.05) is 0 Å². The van der Waals surface area contributed by atoms with Crippen LogP contribution in [0.1, 0.15) is 34.6 Å². The highest BCUT2D eigenvalue weighted by Gasteiger charge is 2.39. The van der Waals surface area contributed by atoms with Gasteiger partial charge in [0.25, 0.3) is 5.91 Å². The maximum atomic E-state index is 12.6. The number of hydrogen-bond donors (Lipinski definition) is 2. The normalized spacial score (nSPS) is 24.8. The Morgan fingerprint density at radius 1 is 1.23 bits per heavy atom. The molecular formula is C16H15F3N4OS2. The third kappa shape index (κ3) is 3.72. The predicted octanol–water partition coefficient (Wildman–Crippen LogP) is 3.33. The van der Waals surface area contributed by atoms with Crippen LogP contribution in [-0.2, 0) is 6.18 Å². The molecule has 10 heteroatoms. The highest BCUT2D eigenvalue weighted by molar-refractivity contribution is 8.01. The SMILES string of the molecule is O=C(NC1CC2CCC1N2)c1ccc(Sc2nnc(C(F)(F)F)s2)cc1. The van der Waals surface area contributed by atoms with Gasteiger partial charge in [-0.1, -0.05) is 23.1 Å². The highest BCUT2D eigenvalue weighted by Crippen LogP contribution is 2.37. The lowest BCUT2D eigenvalue weighted by atomic mass is 9.95. The van der Waals surface area contributed by atoms with Gasteiger partial charge in [-0.15, -0.1) is 10.2 Å². The number of aromatic nitrogens is 2. The van der Waals surface area contributed by atoms with Crippen LogP contribution in [-0.4, -0.2) is 34.2 Å². The molecule has 3 heterocycles. The second-order valence-corrected chi connectivity index (χ2v) is 8.66. The highest BCUT2D eigenvalue weighted by atomic mass is 32.2. The van der Waals surface area contributed by atoms with Crippen molar-refractivity contribution in [3.63, 3.8) is 0 Å². The Hall–Kier alpha value is -1.65. The van der Waals surface area contributed by atoms with Crippen LogP contribution in [0.25, 0.3) is 0 Å². The summed E-state index contributed by atoms with van der Waals surface area (Å²) in [4.78, 5) is 13.1. The first-order chi connectivity index (χ1) is 12.4. The third-order valence-corrected chi connectivity index (χ3v) is 6.61. The average molecular weight is 400 g/mol. The molecule has 1 aromatic carbocycles. The number of fused-ring (bicyclic) bond motifs is 2. The largest absolute Gasteiger partial charge is 0.445 e. The molecule has 2 aliphatic rings. The van der Waals surface area contributed by atoms with Gasteiger partial charge in [0.15, 0.2) is 4.34 Å². The number of nitrogens with one attached hydrogen (secondary N) is 2. The van der Waals surface area contributed by atoms with Gasteiger partial charge in [0.2, 0.25) is 5.01 Å². The lowest BCUT2D eigenvalue weighted by Crippen LogP contribution is -2.42. The molecule has 2 N–H and O–H groups in total. The van der Waals surface area contributed by atoms with Gasteiger partial charge >= 0.3 is 6.18 Å². The number of nitrogens with zero attached hydrogens (tertiary/aromatic N) is 2. The van der Waals surface area contributed by atoms with Crippen LogP contribution in [0.3, 0.4) is 0 Å². The first-order valence-corrected chi connectivity index (χ1v) is 9.77. The van der Waals surface area contributed by atoms with E-state index >= 15 is 0 Å². The number of carbonyl (C=O) groups is 1. The Kier molecular flexibility index (Phi) is 4.66. The molecule has 3 unspecified atom stereocenters. The monoisotopic (exact) mass is 400 g/mol. The fourth-order valence-electron chi connectivity index (χ4n) is 3.38. The molecule has 138 valence electrons. The molecule has 1 aromatic heterocycles. The van der Waals surface area contributed by atoms with E-state index in [4.69, 9.17) is 0 Å². The van der Waals surface area contributed by atoms with Crippen LogP contribution in [0.15, 0.2) is 33.5 Å². The maximum Gasteiger partial charge on any atom is 0.445 e. The molecule has 0 aliphatic carbocycles. The summed E-state index contributed by atoms with van der Waals surface area (Å²) >= 11 is 1.59. The van der Waals surface area contributed by atoms with Crippen LogP contribution >= 0.6 is 23.1 Å². The molecule has 26 heavy (non-hydrogen) atoms. The van der Waals surface area contributed by atoms with Crippen LogP contribution in [0.2, 0.25) is 0 Å². The molecule has 2 fully saturated rings. The molecule has 2 aliphatic heterocycles. The van der Waals surface area contributed by atoms with Gasteiger partial charge in [-0.3, -0.25) is 4.79 Å². The number of hydrogen-bond acceptors (Lipinski definition) is 6. The predicted molar refractivity (Wildman–Crippen MR) is 91.3 cm³/mol. The van der Waals surface area contributed by atoms with Gasteiger partial charge in [0.1, 0.15) is 0 Å². The fraction of sp³-hybridized carbons (Fsp3) is 0.438. The fourth-order valence-corrected chi connectivity index (χ4v) is 5.07. The van der Waals surface area contributed by atoms with Crippen molar-refractivity contribution in [3.05, 3.63) is 34.8 Å². The molecule has 2 bridgehead atoms. The number of halogens is 3. The number of rotatable bonds is 4. The Balaban J connectivity index is 1.37. The van der Waals surface area contributed by atoms with Crippen molar-refractivity contribution in [3.8, 4) is 0 Å². The lowest BCUT2D eigenvalue weighted by Gasteiger charge is -2.21. The van der Waals surface area contributed by atoms with Crippen LogP contribution in [0.5, 0.6) is 0 Å². The zero-order valence-corrected chi connectivity index (χ0v) is 15.0. The first-order valence-electron chi connectivity index (χ1n) is 8.14. The van der Waals surface area contributed by atoms with Crippen molar-refractivity contribution in [2.24, 2.45) is 0 Å². The lowest BCUT2D eigenvalue weighted by molar-refractivity contribution is -0.138. The second-order valence-electron chi connectivity index (χ2n) is 6.36. The summed E-state index contributed by atoms with van der Waals surface area (Å²) in [6.45, 7) is 0. The molecular weight excluding hydrogens is 385 g/mol. The molecule has 0 radical (unpaired) electrons. The topological polar surface area (TPSA) is 66.9 Å². The average Bonchev–Trinajstić information content (AvgIpc) is 3.31. The van der Waals surface area contributed by atoms with E-state index in [0.717, 1.165) is 24.6 Å². The summed E-state index contributed by atoms with van der Waals surface area (Å²) in [5.41, 5.74) is 0.533. The third-order valence-electron chi connectivity index (χ3n) is 4.59. The minimum atomic E-state index is -4.48. The number of carbonyl (C=O) groups excluding carboxylic acids is 1. The van der Waals surface area contributed by atoms with Gasteiger partial charge in [-0.05, 0) is 43.5 Å². The zero-order valence-electron chi connectivity index (χ0n) is 13.4.